The Hall–Kier alpha value is -1.44. The summed E-state index contributed by atoms with van der Waals surface area (Å²) < 4.78 is 30.3. The van der Waals surface area contributed by atoms with Gasteiger partial charge in [-0.3, -0.25) is 4.79 Å². The van der Waals surface area contributed by atoms with Crippen molar-refractivity contribution in [1.82, 2.24) is 9.62 Å². The van der Waals surface area contributed by atoms with E-state index in [1.54, 1.807) is 0 Å². The van der Waals surface area contributed by atoms with Crippen LogP contribution in [-0.2, 0) is 32.6 Å². The minimum atomic E-state index is -3.15. The monoisotopic (exact) mass is 352 g/mol. The summed E-state index contributed by atoms with van der Waals surface area (Å²) in [5, 5.41) is 2.97. The van der Waals surface area contributed by atoms with Gasteiger partial charge in [0.05, 0.1) is 19.0 Å². The van der Waals surface area contributed by atoms with Gasteiger partial charge in [-0.15, -0.1) is 0 Å². The lowest BCUT2D eigenvalue weighted by Gasteiger charge is -2.30. The fraction of sp³-hybridized carbons (Fsp3) is 0.588. The molecule has 24 heavy (non-hydrogen) atoms. The fourth-order valence-corrected chi connectivity index (χ4v) is 4.22. The number of benzene rings is 1. The van der Waals surface area contributed by atoms with E-state index >= 15 is 0 Å². The van der Waals surface area contributed by atoms with Gasteiger partial charge >= 0.3 is 0 Å². The van der Waals surface area contributed by atoms with Crippen LogP contribution in [0.15, 0.2) is 24.3 Å². The summed E-state index contributed by atoms with van der Waals surface area (Å²) in [6, 6.07) is 8.20. The highest BCUT2D eigenvalue weighted by atomic mass is 32.2. The molecule has 0 spiro atoms. The van der Waals surface area contributed by atoms with Crippen LogP contribution >= 0.6 is 0 Å². The number of fused-ring (bicyclic) bond motifs is 1. The molecule has 1 aromatic carbocycles. The van der Waals surface area contributed by atoms with Gasteiger partial charge in [0.25, 0.3) is 0 Å². The van der Waals surface area contributed by atoms with Gasteiger partial charge in [0.1, 0.15) is 0 Å². The summed E-state index contributed by atoms with van der Waals surface area (Å²) in [6.45, 7) is 1.93. The molecule has 7 heteroatoms. The smallest absolute Gasteiger partial charge is 0.223 e. The van der Waals surface area contributed by atoms with E-state index in [-0.39, 0.29) is 17.9 Å². The van der Waals surface area contributed by atoms with Gasteiger partial charge in [0.15, 0.2) is 0 Å². The van der Waals surface area contributed by atoms with Crippen LogP contribution in [-0.4, -0.2) is 50.6 Å². The minimum absolute atomic E-state index is 0.0000383. The first-order valence-electron chi connectivity index (χ1n) is 8.34. The maximum Gasteiger partial charge on any atom is 0.223 e. The highest BCUT2D eigenvalue weighted by molar-refractivity contribution is 7.88. The van der Waals surface area contributed by atoms with E-state index in [1.165, 1.54) is 21.7 Å². The molecular weight excluding hydrogens is 328 g/mol. The topological polar surface area (TPSA) is 75.7 Å². The van der Waals surface area contributed by atoms with Gasteiger partial charge in [0.2, 0.25) is 15.9 Å². The second-order valence-corrected chi connectivity index (χ2v) is 8.57. The fourth-order valence-electron chi connectivity index (χ4n) is 3.35. The lowest BCUT2D eigenvalue weighted by molar-refractivity contribution is -0.126. The van der Waals surface area contributed by atoms with Crippen molar-refractivity contribution >= 4 is 15.9 Å². The van der Waals surface area contributed by atoms with Crippen LogP contribution in [0.1, 0.15) is 24.0 Å². The third kappa shape index (κ3) is 4.15. The Morgan fingerprint density at radius 3 is 2.58 bits per heavy atom. The van der Waals surface area contributed by atoms with Crippen LogP contribution in [0, 0.1) is 5.92 Å². The molecule has 1 aromatic rings. The molecule has 1 atom stereocenters. The quantitative estimate of drug-likeness (QED) is 0.874. The molecule has 1 fully saturated rings. The van der Waals surface area contributed by atoms with Crippen LogP contribution < -0.4 is 5.32 Å². The number of rotatable bonds is 4. The number of sulfonamides is 1. The van der Waals surface area contributed by atoms with Gasteiger partial charge in [-0.25, -0.2) is 12.7 Å². The van der Waals surface area contributed by atoms with E-state index in [4.69, 9.17) is 4.74 Å². The van der Waals surface area contributed by atoms with Crippen molar-refractivity contribution < 1.29 is 17.9 Å². The van der Waals surface area contributed by atoms with Crippen molar-refractivity contribution in [3.8, 4) is 0 Å². The predicted octanol–water partition coefficient (Wildman–Crippen LogP) is 0.916. The van der Waals surface area contributed by atoms with Crippen molar-refractivity contribution in [2.24, 2.45) is 5.92 Å². The minimum Gasteiger partial charge on any atom is -0.371 e. The Balaban J connectivity index is 1.45. The van der Waals surface area contributed by atoms with E-state index in [0.717, 1.165) is 6.42 Å². The van der Waals surface area contributed by atoms with Crippen LogP contribution in [0.2, 0.25) is 0 Å². The molecule has 3 rings (SSSR count). The van der Waals surface area contributed by atoms with Crippen LogP contribution in [0.5, 0.6) is 0 Å². The summed E-state index contributed by atoms with van der Waals surface area (Å²) in [6.07, 6.45) is 3.18. The molecule has 132 valence electrons. The first kappa shape index (κ1) is 17.4. The summed E-state index contributed by atoms with van der Waals surface area (Å²) in [5.74, 6) is -0.107. The lowest BCUT2D eigenvalue weighted by atomic mass is 9.96. The number of nitrogens with zero attached hydrogens (tertiary/aromatic N) is 1. The third-order valence-corrected chi connectivity index (χ3v) is 6.14. The zero-order chi connectivity index (χ0) is 17.2. The van der Waals surface area contributed by atoms with E-state index in [2.05, 4.69) is 17.4 Å². The van der Waals surface area contributed by atoms with Crippen molar-refractivity contribution in [3.63, 3.8) is 0 Å². The maximum absolute atomic E-state index is 12.3. The standard InChI is InChI=1S/C17H24N2O4S/c1-24(21,22)19-8-6-13(7-9-19)17(20)18-11-16-10-14-4-2-3-5-15(14)12-23-16/h2-5,13,16H,6-12H2,1H3,(H,18,20). The molecule has 0 aromatic heterocycles. The number of carbonyl (C=O) groups is 1. The SMILES string of the molecule is CS(=O)(=O)N1CCC(C(=O)NCC2Cc3ccccc3CO2)CC1. The molecule has 2 aliphatic heterocycles. The number of ether oxygens (including phenoxy) is 1. The number of carbonyl (C=O) groups excluding carboxylic acids is 1. The van der Waals surface area contributed by atoms with Crippen molar-refractivity contribution in [3.05, 3.63) is 35.4 Å². The van der Waals surface area contributed by atoms with Gasteiger partial charge < -0.3 is 10.1 Å². The van der Waals surface area contributed by atoms with Crippen molar-refractivity contribution in [1.29, 1.82) is 0 Å². The van der Waals surface area contributed by atoms with E-state index < -0.39 is 10.0 Å². The molecule has 2 heterocycles. The number of amides is 1. The lowest BCUT2D eigenvalue weighted by Crippen LogP contribution is -2.44. The van der Waals surface area contributed by atoms with Crippen molar-refractivity contribution in [2.75, 3.05) is 25.9 Å². The number of hydrogen-bond acceptors (Lipinski definition) is 4. The first-order chi connectivity index (χ1) is 11.4. The average Bonchev–Trinajstić information content (AvgIpc) is 2.59. The normalized spacial score (nSPS) is 22.8. The van der Waals surface area contributed by atoms with Crippen LogP contribution in [0.25, 0.3) is 0 Å². The molecular formula is C17H24N2O4S. The summed E-state index contributed by atoms with van der Waals surface area (Å²) in [7, 11) is -3.15. The predicted molar refractivity (Wildman–Crippen MR) is 90.9 cm³/mol. The molecule has 1 unspecified atom stereocenters. The van der Waals surface area contributed by atoms with Crippen LogP contribution in [0.3, 0.4) is 0 Å². The molecule has 1 N–H and O–H groups in total. The Kier molecular flexibility index (Phi) is 5.22. The largest absolute Gasteiger partial charge is 0.371 e. The Bertz CT molecular complexity index is 696. The number of hydrogen-bond donors (Lipinski definition) is 1. The summed E-state index contributed by atoms with van der Waals surface area (Å²) >= 11 is 0. The molecule has 2 aliphatic rings. The summed E-state index contributed by atoms with van der Waals surface area (Å²) in [5.41, 5.74) is 2.50. The zero-order valence-corrected chi connectivity index (χ0v) is 14.7. The number of piperidine rings is 1. The van der Waals surface area contributed by atoms with Crippen molar-refractivity contribution in [2.45, 2.75) is 32.0 Å². The second kappa shape index (κ2) is 7.21. The van der Waals surface area contributed by atoms with E-state index in [9.17, 15) is 13.2 Å². The molecule has 0 bridgehead atoms. The third-order valence-electron chi connectivity index (χ3n) is 4.84. The Morgan fingerprint density at radius 1 is 1.25 bits per heavy atom. The molecule has 1 amide bonds. The summed E-state index contributed by atoms with van der Waals surface area (Å²) in [4.78, 5) is 12.3. The van der Waals surface area contributed by atoms with E-state index in [1.807, 2.05) is 12.1 Å². The zero-order valence-electron chi connectivity index (χ0n) is 13.9. The Morgan fingerprint density at radius 2 is 1.92 bits per heavy atom. The molecule has 0 aliphatic carbocycles. The molecule has 1 saturated heterocycles. The second-order valence-electron chi connectivity index (χ2n) is 6.59. The van der Waals surface area contributed by atoms with Crippen LogP contribution in [0.4, 0.5) is 0 Å². The molecule has 0 saturated carbocycles. The Labute approximate surface area is 143 Å². The average molecular weight is 352 g/mol. The highest BCUT2D eigenvalue weighted by Gasteiger charge is 2.29. The number of nitrogens with one attached hydrogen (secondary N) is 1. The highest BCUT2D eigenvalue weighted by Crippen LogP contribution is 2.21. The van der Waals surface area contributed by atoms with Gasteiger partial charge in [-0.2, -0.15) is 0 Å². The maximum atomic E-state index is 12.3. The first-order valence-corrected chi connectivity index (χ1v) is 10.2. The molecule has 6 nitrogen and oxygen atoms in total. The van der Waals surface area contributed by atoms with Gasteiger partial charge in [-0.1, -0.05) is 24.3 Å². The van der Waals surface area contributed by atoms with E-state index in [0.29, 0.717) is 39.1 Å². The van der Waals surface area contributed by atoms with Gasteiger partial charge in [0, 0.05) is 32.0 Å². The molecule has 0 radical (unpaired) electrons. The van der Waals surface area contributed by atoms with Gasteiger partial charge in [-0.05, 0) is 24.0 Å².